The summed E-state index contributed by atoms with van der Waals surface area (Å²) in [5.74, 6) is 18.9. The van der Waals surface area contributed by atoms with E-state index >= 15 is 0 Å². The minimum atomic E-state index is -1.01. The third kappa shape index (κ3) is 12.3. The zero-order chi connectivity index (χ0) is 32.8. The van der Waals surface area contributed by atoms with Gasteiger partial charge in [0.05, 0.1) is 12.7 Å². The number of carbonyl (C=O) groups excluding carboxylic acids is 3. The van der Waals surface area contributed by atoms with E-state index in [1.54, 1.807) is 12.1 Å². The van der Waals surface area contributed by atoms with Crippen LogP contribution in [0.4, 0.5) is 4.79 Å². The lowest BCUT2D eigenvalue weighted by atomic mass is 10.0. The Bertz CT molecular complexity index is 1760. The topological polar surface area (TPSA) is 89.7 Å². The number of ether oxygens (including phenoxy) is 1. The molecular weight excluding hydrogens is 597 g/mol. The van der Waals surface area contributed by atoms with Gasteiger partial charge in [-0.2, -0.15) is 0 Å². The summed E-state index contributed by atoms with van der Waals surface area (Å²) in [6.07, 6.45) is 1.60. The number of hydrogen-bond donors (Lipinski definition) is 1. The Morgan fingerprint density at radius 1 is 0.867 bits per heavy atom. The molecule has 0 saturated heterocycles. The zero-order valence-electron chi connectivity index (χ0n) is 26.2. The van der Waals surface area contributed by atoms with Crippen molar-refractivity contribution in [1.29, 1.82) is 0 Å². The van der Waals surface area contributed by atoms with Gasteiger partial charge in [-0.15, -0.1) is 11.8 Å². The molecule has 0 atom stereocenters. The second-order valence-corrected chi connectivity index (χ2v) is 18.1. The molecule has 0 bridgehead atoms. The predicted octanol–water partition coefficient (Wildman–Crippen LogP) is 6.21. The van der Waals surface area contributed by atoms with Crippen LogP contribution in [0.15, 0.2) is 83.4 Å². The summed E-state index contributed by atoms with van der Waals surface area (Å²) in [6, 6.07) is 22.1. The van der Waals surface area contributed by atoms with Gasteiger partial charge in [0.1, 0.15) is 6.54 Å². The van der Waals surface area contributed by atoms with Crippen LogP contribution in [0.3, 0.4) is 0 Å². The van der Waals surface area contributed by atoms with E-state index in [1.165, 1.54) is 18.0 Å². The van der Waals surface area contributed by atoms with Gasteiger partial charge in [-0.1, -0.05) is 55.2 Å². The third-order valence-electron chi connectivity index (χ3n) is 6.36. The van der Waals surface area contributed by atoms with Crippen molar-refractivity contribution in [1.82, 2.24) is 4.90 Å². The quantitative estimate of drug-likeness (QED) is 0.0797. The molecule has 0 aliphatic carbocycles. The molecule has 2 N–H and O–H groups in total. The van der Waals surface area contributed by atoms with Gasteiger partial charge in [-0.25, -0.2) is 4.79 Å². The number of aldehydes is 1. The van der Waals surface area contributed by atoms with Crippen molar-refractivity contribution in [3.05, 3.63) is 112 Å². The number of thioether (sulfide) groups is 1. The fourth-order valence-electron chi connectivity index (χ4n) is 3.71. The second kappa shape index (κ2) is 16.8. The number of nitrogens with two attached hydrogens (primary N) is 1. The van der Waals surface area contributed by atoms with E-state index in [4.69, 9.17) is 5.73 Å². The maximum atomic E-state index is 11.6. The van der Waals surface area contributed by atoms with Crippen LogP contribution in [0.5, 0.6) is 0 Å². The standard InChI is InChI=1S/C37H36N2O4SSi/c1-28-24-32(12-10-31-16-20-35(21-17-31)44-22-23-45(3,4)5)15-19-34(28)18-14-30-8-6-29(7-9-30)11-13-33(27-40)25-39(37(38)42)26-36(41)43-2/h6-9,15-17,19-21,24-25,27H,22-23,26H2,1-5H3,(H2,38,42)/b33-25-. The summed E-state index contributed by atoms with van der Waals surface area (Å²) in [7, 11) is 0.173. The highest BCUT2D eigenvalue weighted by Crippen LogP contribution is 2.22. The molecule has 0 spiro atoms. The van der Waals surface area contributed by atoms with E-state index in [-0.39, 0.29) is 5.57 Å². The summed E-state index contributed by atoms with van der Waals surface area (Å²) < 4.78 is 4.53. The lowest BCUT2D eigenvalue weighted by molar-refractivity contribution is -0.140. The fourth-order valence-corrected chi connectivity index (χ4v) is 7.13. The molecule has 0 aromatic heterocycles. The van der Waals surface area contributed by atoms with Crippen molar-refractivity contribution >= 4 is 38.1 Å². The molecule has 0 saturated carbocycles. The minimum Gasteiger partial charge on any atom is -0.468 e. The number of hydrogen-bond acceptors (Lipinski definition) is 5. The molecule has 0 aliphatic heterocycles. The average Bonchev–Trinajstić information content (AvgIpc) is 3.01. The first-order valence-corrected chi connectivity index (χ1v) is 18.9. The highest BCUT2D eigenvalue weighted by molar-refractivity contribution is 7.99. The van der Waals surface area contributed by atoms with Crippen LogP contribution in [0.25, 0.3) is 0 Å². The molecule has 45 heavy (non-hydrogen) atoms. The van der Waals surface area contributed by atoms with Crippen LogP contribution in [-0.4, -0.2) is 50.7 Å². The molecule has 3 aromatic rings. The molecular formula is C37H36N2O4SSi. The summed E-state index contributed by atoms with van der Waals surface area (Å²) in [4.78, 5) is 36.6. The number of methoxy groups -OCH3 is 1. The van der Waals surface area contributed by atoms with Crippen LogP contribution >= 0.6 is 11.8 Å². The monoisotopic (exact) mass is 632 g/mol. The van der Waals surface area contributed by atoms with E-state index in [9.17, 15) is 14.4 Å². The first-order valence-electron chi connectivity index (χ1n) is 14.3. The SMILES string of the molecule is COC(=O)CN(/C=C(/C#Cc1ccc(C#Cc2ccc(C#Cc3ccc(SCC[Si](C)(C)C)cc3)cc2C)cc1)C=O)C(N)=O. The van der Waals surface area contributed by atoms with E-state index in [0.717, 1.165) is 44.7 Å². The molecule has 0 radical (unpaired) electrons. The molecule has 2 amide bonds. The highest BCUT2D eigenvalue weighted by Gasteiger charge is 2.13. The first kappa shape index (κ1) is 34.5. The number of urea groups is 1. The van der Waals surface area contributed by atoms with E-state index in [1.807, 2.05) is 49.0 Å². The summed E-state index contributed by atoms with van der Waals surface area (Å²) in [5, 5.41) is 0. The van der Waals surface area contributed by atoms with E-state index in [2.05, 4.69) is 84.2 Å². The van der Waals surface area contributed by atoms with Crippen molar-refractivity contribution in [3.8, 4) is 35.5 Å². The fraction of sp³-hybridized carbons (Fsp3) is 0.216. The molecule has 0 heterocycles. The lowest BCUT2D eigenvalue weighted by Crippen LogP contribution is -2.36. The maximum absolute atomic E-state index is 11.6. The van der Waals surface area contributed by atoms with Crippen LogP contribution in [0.2, 0.25) is 25.7 Å². The van der Waals surface area contributed by atoms with Gasteiger partial charge in [0.2, 0.25) is 0 Å². The Kier molecular flexibility index (Phi) is 12.9. The predicted molar refractivity (Wildman–Crippen MR) is 184 cm³/mol. The van der Waals surface area contributed by atoms with Gasteiger partial charge in [-0.05, 0) is 91.0 Å². The average molecular weight is 633 g/mol. The van der Waals surface area contributed by atoms with Crippen molar-refractivity contribution in [2.24, 2.45) is 5.73 Å². The molecule has 6 nitrogen and oxygen atoms in total. The number of esters is 1. The molecule has 0 fully saturated rings. The number of allylic oxidation sites excluding steroid dienone is 1. The van der Waals surface area contributed by atoms with Gasteiger partial charge in [0.25, 0.3) is 0 Å². The summed E-state index contributed by atoms with van der Waals surface area (Å²) >= 11 is 1.91. The Labute approximate surface area is 271 Å². The van der Waals surface area contributed by atoms with Crippen LogP contribution in [0, 0.1) is 42.4 Å². The Balaban J connectivity index is 1.64. The Morgan fingerprint density at radius 2 is 1.42 bits per heavy atom. The van der Waals surface area contributed by atoms with Crippen LogP contribution in [0.1, 0.15) is 33.4 Å². The zero-order valence-corrected chi connectivity index (χ0v) is 28.0. The van der Waals surface area contributed by atoms with Crippen molar-refractivity contribution in [2.75, 3.05) is 19.4 Å². The number of primary amides is 1. The second-order valence-electron chi connectivity index (χ2n) is 11.3. The number of benzene rings is 3. The molecule has 8 heteroatoms. The van der Waals surface area contributed by atoms with Gasteiger partial charge in [0.15, 0.2) is 6.29 Å². The van der Waals surface area contributed by atoms with Gasteiger partial charge in [0, 0.05) is 47.0 Å². The first-order chi connectivity index (χ1) is 21.5. The molecule has 228 valence electrons. The van der Waals surface area contributed by atoms with Crippen molar-refractivity contribution < 1.29 is 19.1 Å². The molecule has 0 aliphatic rings. The largest absolute Gasteiger partial charge is 0.468 e. The van der Waals surface area contributed by atoms with E-state index in [0.29, 0.717) is 11.8 Å². The number of carbonyl (C=O) groups is 3. The Hall–Kier alpha value is -4.94. The van der Waals surface area contributed by atoms with Gasteiger partial charge >= 0.3 is 12.0 Å². The number of amides is 2. The van der Waals surface area contributed by atoms with E-state index < -0.39 is 26.6 Å². The van der Waals surface area contributed by atoms with Crippen molar-refractivity contribution in [3.63, 3.8) is 0 Å². The van der Waals surface area contributed by atoms with Gasteiger partial charge in [-0.3, -0.25) is 14.5 Å². The van der Waals surface area contributed by atoms with Crippen LogP contribution < -0.4 is 5.73 Å². The lowest BCUT2D eigenvalue weighted by Gasteiger charge is -2.14. The smallest absolute Gasteiger partial charge is 0.325 e. The minimum absolute atomic E-state index is 0.0228. The number of rotatable bonds is 8. The third-order valence-corrected chi connectivity index (χ3v) is 9.49. The summed E-state index contributed by atoms with van der Waals surface area (Å²) in [6.45, 7) is 8.80. The maximum Gasteiger partial charge on any atom is 0.325 e. The highest BCUT2D eigenvalue weighted by atomic mass is 32.2. The van der Waals surface area contributed by atoms with Gasteiger partial charge < -0.3 is 10.5 Å². The molecule has 3 aromatic carbocycles. The number of aryl methyl sites for hydroxylation is 1. The van der Waals surface area contributed by atoms with Crippen molar-refractivity contribution in [2.45, 2.75) is 37.5 Å². The molecule has 0 unspecified atom stereocenters. The Morgan fingerprint density at radius 3 is 1.98 bits per heavy atom. The summed E-state index contributed by atoms with van der Waals surface area (Å²) in [5.41, 5.74) is 10.6. The normalized spacial score (nSPS) is 10.6. The molecule has 3 rings (SSSR count). The number of nitrogens with zero attached hydrogens (tertiary/aromatic N) is 1. The van der Waals surface area contributed by atoms with Crippen LogP contribution in [-0.2, 0) is 14.3 Å².